The van der Waals surface area contributed by atoms with Crippen LogP contribution >= 0.6 is 11.6 Å². The van der Waals surface area contributed by atoms with Gasteiger partial charge in [-0.05, 0) is 46.7 Å². The number of esters is 1. The third-order valence-corrected chi connectivity index (χ3v) is 6.54. The molecule has 1 aliphatic heterocycles. The molecule has 0 aromatic heterocycles. The molecule has 1 heterocycles. The molecule has 2 aromatic carbocycles. The minimum Gasteiger partial charge on any atom is -0.469 e. The van der Waals surface area contributed by atoms with E-state index in [9.17, 15) is 20.1 Å². The fourth-order valence-corrected chi connectivity index (χ4v) is 4.41. The van der Waals surface area contributed by atoms with E-state index >= 15 is 0 Å². The monoisotopic (exact) mass is 502 g/mol. The van der Waals surface area contributed by atoms with E-state index in [0.29, 0.717) is 22.6 Å². The van der Waals surface area contributed by atoms with Gasteiger partial charge < -0.3 is 29.5 Å². The molecule has 3 rings (SSSR count). The van der Waals surface area contributed by atoms with Crippen molar-refractivity contribution in [2.75, 3.05) is 13.7 Å². The number of aliphatic hydroxyl groups excluding tert-OH is 3. The summed E-state index contributed by atoms with van der Waals surface area (Å²) in [6.07, 6.45) is -0.110. The molecular formula is C27H31ClO7. The maximum atomic E-state index is 11.8. The second-order valence-corrected chi connectivity index (χ2v) is 8.94. The molecular weight excluding hydrogens is 472 g/mol. The molecule has 5 atom stereocenters. The van der Waals surface area contributed by atoms with Gasteiger partial charge in [-0.2, -0.15) is 0 Å². The van der Waals surface area contributed by atoms with Gasteiger partial charge in [0.05, 0.1) is 26.2 Å². The van der Waals surface area contributed by atoms with E-state index in [1.165, 1.54) is 12.7 Å². The highest BCUT2D eigenvalue weighted by Gasteiger charge is 2.45. The fourth-order valence-electron chi connectivity index (χ4n) is 4.16. The molecule has 0 spiro atoms. The maximum absolute atomic E-state index is 11.8. The predicted octanol–water partition coefficient (Wildman–Crippen LogP) is 2.73. The predicted molar refractivity (Wildman–Crippen MR) is 131 cm³/mol. The molecule has 1 aliphatic rings. The Morgan fingerprint density at radius 2 is 1.77 bits per heavy atom. The van der Waals surface area contributed by atoms with E-state index in [-0.39, 0.29) is 19.6 Å². The van der Waals surface area contributed by atoms with Gasteiger partial charge in [-0.1, -0.05) is 54.8 Å². The zero-order valence-corrected chi connectivity index (χ0v) is 20.6. The number of rotatable bonds is 9. The fraction of sp³-hybridized carbons (Fsp3) is 0.444. The number of hydrogen-bond donors (Lipinski definition) is 3. The Kier molecular flexibility index (Phi) is 9.70. The Hall–Kier alpha value is -2.44. The standard InChI is InChI=1S/C27H31ClO7/c1-4-10-34-15-19-13-21(28)18(11-17-8-6-16(5-2)7-9-17)12-20(19)27-26(32)25(31)24(30)22(35-27)14-23(29)33-3/h1,6-9,12-13,22,24-27,30-32H,5,10-11,14-15H2,2-3H3/t22-,24-,25-,26-,27+/m1/s1. The topological polar surface area (TPSA) is 105 Å². The molecule has 0 aliphatic carbocycles. The molecule has 0 unspecified atom stereocenters. The number of aliphatic hydroxyl groups is 3. The summed E-state index contributed by atoms with van der Waals surface area (Å²) in [6.45, 7) is 2.26. The van der Waals surface area contributed by atoms with Gasteiger partial charge in [0, 0.05) is 5.02 Å². The van der Waals surface area contributed by atoms with E-state index in [4.69, 9.17) is 27.5 Å². The molecule has 2 aromatic rings. The molecule has 188 valence electrons. The first-order valence-corrected chi connectivity index (χ1v) is 11.8. The van der Waals surface area contributed by atoms with Gasteiger partial charge in [0.1, 0.15) is 31.0 Å². The minimum atomic E-state index is -1.54. The van der Waals surface area contributed by atoms with E-state index in [2.05, 4.69) is 29.7 Å². The SMILES string of the molecule is C#CCOCc1cc(Cl)c(Cc2ccc(CC)cc2)cc1[C@@H]1O[C@H](CC(=O)OC)[C@@H](O)[C@@H](O)[C@H]1O. The van der Waals surface area contributed by atoms with Gasteiger partial charge in [-0.15, -0.1) is 6.42 Å². The number of carbonyl (C=O) groups excluding carboxylic acids is 1. The van der Waals surface area contributed by atoms with Crippen molar-refractivity contribution in [2.24, 2.45) is 0 Å². The van der Waals surface area contributed by atoms with Gasteiger partial charge >= 0.3 is 5.97 Å². The number of methoxy groups -OCH3 is 1. The number of aryl methyl sites for hydroxylation is 1. The normalized spacial score (nSPS) is 24.1. The Labute approximate surface area is 210 Å². The van der Waals surface area contributed by atoms with Gasteiger partial charge in [0.2, 0.25) is 0 Å². The van der Waals surface area contributed by atoms with Crippen LogP contribution in [-0.2, 0) is 38.5 Å². The lowest BCUT2D eigenvalue weighted by Crippen LogP contribution is -2.54. The highest BCUT2D eigenvalue weighted by molar-refractivity contribution is 6.31. The van der Waals surface area contributed by atoms with Crippen LogP contribution in [0.5, 0.6) is 0 Å². The Morgan fingerprint density at radius 1 is 1.09 bits per heavy atom. The third-order valence-electron chi connectivity index (χ3n) is 6.19. The number of terminal acetylenes is 1. The Balaban J connectivity index is 1.99. The number of ether oxygens (including phenoxy) is 3. The molecule has 35 heavy (non-hydrogen) atoms. The Bertz CT molecular complexity index is 1050. The summed E-state index contributed by atoms with van der Waals surface area (Å²) in [5, 5.41) is 32.2. The molecule has 0 radical (unpaired) electrons. The summed E-state index contributed by atoms with van der Waals surface area (Å²) in [6, 6.07) is 11.7. The molecule has 0 amide bonds. The maximum Gasteiger partial charge on any atom is 0.308 e. The number of halogens is 1. The van der Waals surface area contributed by atoms with Crippen LogP contribution in [0.3, 0.4) is 0 Å². The van der Waals surface area contributed by atoms with Gasteiger partial charge in [0.15, 0.2) is 0 Å². The van der Waals surface area contributed by atoms with Crippen molar-refractivity contribution in [1.82, 2.24) is 0 Å². The highest BCUT2D eigenvalue weighted by atomic mass is 35.5. The van der Waals surface area contributed by atoms with E-state index in [1.807, 2.05) is 12.1 Å². The smallest absolute Gasteiger partial charge is 0.308 e. The van der Waals surface area contributed by atoms with Gasteiger partial charge in [0.25, 0.3) is 0 Å². The largest absolute Gasteiger partial charge is 0.469 e. The van der Waals surface area contributed by atoms with E-state index in [0.717, 1.165) is 17.5 Å². The van der Waals surface area contributed by atoms with Crippen molar-refractivity contribution in [2.45, 2.75) is 63.3 Å². The van der Waals surface area contributed by atoms with Crippen LogP contribution in [0.2, 0.25) is 5.02 Å². The van der Waals surface area contributed by atoms with Crippen molar-refractivity contribution >= 4 is 17.6 Å². The van der Waals surface area contributed by atoms with Crippen molar-refractivity contribution in [3.05, 3.63) is 69.2 Å². The summed E-state index contributed by atoms with van der Waals surface area (Å²) in [5.41, 5.74) is 4.20. The summed E-state index contributed by atoms with van der Waals surface area (Å²) in [7, 11) is 1.22. The second-order valence-electron chi connectivity index (χ2n) is 8.53. The first-order chi connectivity index (χ1) is 16.8. The third kappa shape index (κ3) is 6.62. The van der Waals surface area contributed by atoms with Gasteiger partial charge in [-0.25, -0.2) is 0 Å². The Morgan fingerprint density at radius 3 is 2.40 bits per heavy atom. The number of hydrogen-bond acceptors (Lipinski definition) is 7. The lowest BCUT2D eigenvalue weighted by molar-refractivity contribution is -0.227. The summed E-state index contributed by atoms with van der Waals surface area (Å²) in [4.78, 5) is 11.8. The number of benzene rings is 2. The van der Waals surface area contributed by atoms with Crippen LogP contribution in [0.25, 0.3) is 0 Å². The van der Waals surface area contributed by atoms with Crippen molar-refractivity contribution < 1.29 is 34.3 Å². The van der Waals surface area contributed by atoms with Crippen LogP contribution in [0.15, 0.2) is 36.4 Å². The highest BCUT2D eigenvalue weighted by Crippen LogP contribution is 2.38. The van der Waals surface area contributed by atoms with Crippen LogP contribution in [0.1, 0.15) is 47.3 Å². The summed E-state index contributed by atoms with van der Waals surface area (Å²) >= 11 is 6.62. The van der Waals surface area contributed by atoms with Crippen LogP contribution < -0.4 is 0 Å². The molecule has 7 nitrogen and oxygen atoms in total. The van der Waals surface area contributed by atoms with Crippen LogP contribution in [0.4, 0.5) is 0 Å². The molecule has 8 heteroatoms. The van der Waals surface area contributed by atoms with Crippen molar-refractivity contribution in [3.63, 3.8) is 0 Å². The van der Waals surface area contributed by atoms with Crippen molar-refractivity contribution in [3.8, 4) is 12.3 Å². The first-order valence-electron chi connectivity index (χ1n) is 11.5. The molecule has 0 saturated carbocycles. The molecule has 0 bridgehead atoms. The molecule has 3 N–H and O–H groups in total. The lowest BCUT2D eigenvalue weighted by Gasteiger charge is -2.41. The summed E-state index contributed by atoms with van der Waals surface area (Å²) in [5.74, 6) is 1.79. The van der Waals surface area contributed by atoms with Gasteiger partial charge in [-0.3, -0.25) is 4.79 Å². The number of carbonyl (C=O) groups is 1. The van der Waals surface area contributed by atoms with Crippen LogP contribution in [0, 0.1) is 12.3 Å². The quantitative estimate of drug-likeness (QED) is 0.275. The average molecular weight is 503 g/mol. The minimum absolute atomic E-state index is 0.0724. The van der Waals surface area contributed by atoms with E-state index in [1.54, 1.807) is 12.1 Å². The zero-order valence-electron chi connectivity index (χ0n) is 19.8. The molecule has 1 saturated heterocycles. The first kappa shape index (κ1) is 27.2. The van der Waals surface area contributed by atoms with Crippen LogP contribution in [-0.4, -0.2) is 59.4 Å². The lowest BCUT2D eigenvalue weighted by atomic mass is 9.87. The van der Waals surface area contributed by atoms with E-state index < -0.39 is 36.5 Å². The second kappa shape index (κ2) is 12.5. The molecule has 1 fully saturated rings. The average Bonchev–Trinajstić information content (AvgIpc) is 2.86. The summed E-state index contributed by atoms with van der Waals surface area (Å²) < 4.78 is 16.2. The van der Waals surface area contributed by atoms with Crippen molar-refractivity contribution in [1.29, 1.82) is 0 Å². The zero-order chi connectivity index (χ0) is 25.5.